The molecule has 4 heteroatoms. The molecule has 46 heavy (non-hydrogen) atoms. The van der Waals surface area contributed by atoms with Gasteiger partial charge in [0, 0.05) is 38.4 Å². The molecule has 2 heterocycles. The number of benzene rings is 6. The number of hydrogen-bond acceptors (Lipinski definition) is 4. The van der Waals surface area contributed by atoms with Gasteiger partial charge in [0.2, 0.25) is 0 Å². The fraction of sp³-hybridized carbons (Fsp3) is 0.0714. The Morgan fingerprint density at radius 1 is 0.478 bits per heavy atom. The molecule has 218 valence electrons. The predicted molar refractivity (Wildman–Crippen MR) is 186 cm³/mol. The van der Waals surface area contributed by atoms with Gasteiger partial charge in [0.15, 0.2) is 17.5 Å². The number of para-hydroxylation sites is 1. The Bertz CT molecular complexity index is 2370. The van der Waals surface area contributed by atoms with E-state index in [-0.39, 0.29) is 5.41 Å². The molecule has 0 amide bonds. The average Bonchev–Trinajstić information content (AvgIpc) is 3.61. The van der Waals surface area contributed by atoms with Crippen molar-refractivity contribution in [1.82, 2.24) is 15.0 Å². The molecule has 0 aliphatic heterocycles. The third kappa shape index (κ3) is 4.04. The molecule has 4 nitrogen and oxygen atoms in total. The van der Waals surface area contributed by atoms with Crippen LogP contribution in [0.15, 0.2) is 144 Å². The molecule has 6 aromatic carbocycles. The summed E-state index contributed by atoms with van der Waals surface area (Å²) >= 11 is 0. The van der Waals surface area contributed by atoms with E-state index in [1.807, 2.05) is 66.7 Å². The quantitative estimate of drug-likeness (QED) is 0.204. The van der Waals surface area contributed by atoms with Crippen LogP contribution in [0.1, 0.15) is 25.0 Å². The first-order valence-corrected chi connectivity index (χ1v) is 15.6. The summed E-state index contributed by atoms with van der Waals surface area (Å²) < 4.78 is 6.68. The van der Waals surface area contributed by atoms with E-state index in [0.29, 0.717) is 17.5 Å². The van der Waals surface area contributed by atoms with Gasteiger partial charge < -0.3 is 4.42 Å². The summed E-state index contributed by atoms with van der Waals surface area (Å²) in [5.41, 5.74) is 11.9. The highest BCUT2D eigenvalue weighted by Crippen LogP contribution is 2.54. The first-order valence-electron chi connectivity index (χ1n) is 15.6. The summed E-state index contributed by atoms with van der Waals surface area (Å²) in [6.45, 7) is 4.63. The standard InChI is InChI=1S/C42H29N3O/c1-42(2)33-19-11-9-17-30(33)37-34(42)25-32(36-31-18-10-12-20-35(31)46-38(36)37)26-21-23-29(24-22-26)41-44-39(27-13-5-3-6-14-27)43-40(45-41)28-15-7-4-8-16-28/h3-25H,1-2H3. The zero-order valence-corrected chi connectivity index (χ0v) is 25.5. The van der Waals surface area contributed by atoms with Gasteiger partial charge in [-0.15, -0.1) is 0 Å². The van der Waals surface area contributed by atoms with Gasteiger partial charge in [-0.05, 0) is 39.9 Å². The van der Waals surface area contributed by atoms with Crippen molar-refractivity contribution in [1.29, 1.82) is 0 Å². The van der Waals surface area contributed by atoms with Crippen molar-refractivity contribution in [2.24, 2.45) is 0 Å². The fourth-order valence-corrected chi connectivity index (χ4v) is 7.02. The van der Waals surface area contributed by atoms with E-state index in [9.17, 15) is 0 Å². The Balaban J connectivity index is 1.22. The SMILES string of the molecule is CC1(C)c2ccccc2-c2c1cc(-c1ccc(-c3nc(-c4ccccc4)nc(-c4ccccc4)n3)cc1)c1c2oc2ccccc21. The van der Waals surface area contributed by atoms with Gasteiger partial charge in [0.1, 0.15) is 11.2 Å². The van der Waals surface area contributed by atoms with Crippen LogP contribution in [-0.2, 0) is 5.41 Å². The largest absolute Gasteiger partial charge is 0.455 e. The first-order chi connectivity index (χ1) is 22.6. The van der Waals surface area contributed by atoms with Crippen LogP contribution in [0.25, 0.3) is 78.4 Å². The van der Waals surface area contributed by atoms with Gasteiger partial charge in [-0.25, -0.2) is 15.0 Å². The number of fused-ring (bicyclic) bond motifs is 7. The molecule has 0 N–H and O–H groups in total. The van der Waals surface area contributed by atoms with Crippen molar-refractivity contribution in [3.63, 3.8) is 0 Å². The van der Waals surface area contributed by atoms with E-state index in [2.05, 4.69) is 86.6 Å². The van der Waals surface area contributed by atoms with Gasteiger partial charge in [0.25, 0.3) is 0 Å². The van der Waals surface area contributed by atoms with Gasteiger partial charge >= 0.3 is 0 Å². The average molecular weight is 592 g/mol. The summed E-state index contributed by atoms with van der Waals surface area (Å²) in [6, 6.07) is 48.2. The molecule has 9 rings (SSSR count). The lowest BCUT2D eigenvalue weighted by molar-refractivity contribution is 0.653. The van der Waals surface area contributed by atoms with Crippen molar-refractivity contribution in [3.05, 3.63) is 151 Å². The molecule has 1 aliphatic carbocycles. The van der Waals surface area contributed by atoms with Crippen LogP contribution in [-0.4, -0.2) is 15.0 Å². The topological polar surface area (TPSA) is 51.8 Å². The van der Waals surface area contributed by atoms with Crippen molar-refractivity contribution in [2.75, 3.05) is 0 Å². The summed E-state index contributed by atoms with van der Waals surface area (Å²) in [7, 11) is 0. The van der Waals surface area contributed by atoms with E-state index >= 15 is 0 Å². The molecule has 1 aliphatic rings. The molecule has 2 aromatic heterocycles. The Morgan fingerprint density at radius 3 is 1.65 bits per heavy atom. The number of furan rings is 1. The summed E-state index contributed by atoms with van der Waals surface area (Å²) in [4.78, 5) is 14.7. The van der Waals surface area contributed by atoms with Crippen molar-refractivity contribution in [3.8, 4) is 56.4 Å². The number of hydrogen-bond donors (Lipinski definition) is 0. The lowest BCUT2D eigenvalue weighted by Gasteiger charge is -2.22. The Labute approximate surface area is 267 Å². The summed E-state index contributed by atoms with van der Waals surface area (Å²) in [5, 5.41) is 2.27. The van der Waals surface area contributed by atoms with Gasteiger partial charge in [-0.2, -0.15) is 0 Å². The van der Waals surface area contributed by atoms with E-state index < -0.39 is 0 Å². The lowest BCUT2D eigenvalue weighted by atomic mass is 9.81. The van der Waals surface area contributed by atoms with Crippen LogP contribution >= 0.6 is 0 Å². The monoisotopic (exact) mass is 591 g/mol. The van der Waals surface area contributed by atoms with E-state index in [1.54, 1.807) is 0 Å². The third-order valence-corrected chi connectivity index (χ3v) is 9.35. The maximum absolute atomic E-state index is 6.68. The minimum absolute atomic E-state index is 0.152. The molecule has 0 atom stereocenters. The number of aromatic nitrogens is 3. The molecule has 0 bridgehead atoms. The van der Waals surface area contributed by atoms with Crippen molar-refractivity contribution in [2.45, 2.75) is 19.3 Å². The highest BCUT2D eigenvalue weighted by atomic mass is 16.3. The lowest BCUT2D eigenvalue weighted by Crippen LogP contribution is -2.15. The molecule has 0 unspecified atom stereocenters. The van der Waals surface area contributed by atoms with Gasteiger partial charge in [0.05, 0.1) is 0 Å². The van der Waals surface area contributed by atoms with Crippen LogP contribution in [0.2, 0.25) is 0 Å². The highest BCUT2D eigenvalue weighted by molar-refractivity contribution is 6.18. The highest BCUT2D eigenvalue weighted by Gasteiger charge is 2.38. The second kappa shape index (κ2) is 10.1. The minimum Gasteiger partial charge on any atom is -0.455 e. The Morgan fingerprint density at radius 2 is 1.00 bits per heavy atom. The Kier molecular flexibility index (Phi) is 5.81. The van der Waals surface area contributed by atoms with Gasteiger partial charge in [-0.3, -0.25) is 0 Å². The molecule has 0 radical (unpaired) electrons. The van der Waals surface area contributed by atoms with E-state index in [0.717, 1.165) is 49.8 Å². The van der Waals surface area contributed by atoms with Crippen LogP contribution in [0.4, 0.5) is 0 Å². The van der Waals surface area contributed by atoms with Gasteiger partial charge in [-0.1, -0.05) is 141 Å². The normalized spacial score (nSPS) is 13.2. The molecular weight excluding hydrogens is 562 g/mol. The molecule has 8 aromatic rings. The molecule has 0 fully saturated rings. The smallest absolute Gasteiger partial charge is 0.164 e. The molecule has 0 spiro atoms. The van der Waals surface area contributed by atoms with Crippen LogP contribution in [0, 0.1) is 0 Å². The first kappa shape index (κ1) is 26.5. The maximum atomic E-state index is 6.68. The zero-order valence-electron chi connectivity index (χ0n) is 25.5. The maximum Gasteiger partial charge on any atom is 0.164 e. The van der Waals surface area contributed by atoms with Crippen molar-refractivity contribution >= 4 is 21.9 Å². The zero-order chi connectivity index (χ0) is 30.8. The third-order valence-electron chi connectivity index (χ3n) is 9.35. The van der Waals surface area contributed by atoms with Crippen molar-refractivity contribution < 1.29 is 4.42 Å². The predicted octanol–water partition coefficient (Wildman–Crippen LogP) is 10.7. The van der Waals surface area contributed by atoms with Crippen LogP contribution in [0.3, 0.4) is 0 Å². The number of nitrogens with zero attached hydrogens (tertiary/aromatic N) is 3. The van der Waals surface area contributed by atoms with E-state index in [4.69, 9.17) is 19.4 Å². The molecule has 0 saturated carbocycles. The summed E-state index contributed by atoms with van der Waals surface area (Å²) in [6.07, 6.45) is 0. The van der Waals surface area contributed by atoms with E-state index in [1.165, 1.54) is 22.3 Å². The second-order valence-electron chi connectivity index (χ2n) is 12.4. The molecule has 0 saturated heterocycles. The fourth-order valence-electron chi connectivity index (χ4n) is 7.02. The Hall–Kier alpha value is -5.87. The number of rotatable bonds is 4. The second-order valence-corrected chi connectivity index (χ2v) is 12.4. The van der Waals surface area contributed by atoms with Crippen LogP contribution < -0.4 is 0 Å². The summed E-state index contributed by atoms with van der Waals surface area (Å²) in [5.74, 6) is 1.95. The minimum atomic E-state index is -0.152. The van der Waals surface area contributed by atoms with Crippen LogP contribution in [0.5, 0.6) is 0 Å². The molecular formula is C42H29N3O.